The van der Waals surface area contributed by atoms with E-state index in [1.807, 2.05) is 62.4 Å². The van der Waals surface area contributed by atoms with Crippen LogP contribution in [-0.4, -0.2) is 41.5 Å². The van der Waals surface area contributed by atoms with Crippen molar-refractivity contribution in [3.63, 3.8) is 0 Å². The van der Waals surface area contributed by atoms with Gasteiger partial charge in [-0.3, -0.25) is 9.59 Å². The third kappa shape index (κ3) is 8.74. The van der Waals surface area contributed by atoms with Gasteiger partial charge in [0.05, 0.1) is 0 Å². The molecule has 2 rings (SSSR count). The van der Waals surface area contributed by atoms with Gasteiger partial charge < -0.3 is 20.3 Å². The topological polar surface area (TPSA) is 87.7 Å². The van der Waals surface area contributed by atoms with Gasteiger partial charge in [0.1, 0.15) is 18.2 Å². The molecule has 0 saturated heterocycles. The number of alkyl carbamates (subject to hydrolysis) is 1. The fourth-order valence-corrected chi connectivity index (χ4v) is 3.61. The quantitative estimate of drug-likeness (QED) is 0.476. The minimum absolute atomic E-state index is 0.264. The van der Waals surface area contributed by atoms with Crippen molar-refractivity contribution >= 4 is 23.6 Å². The van der Waals surface area contributed by atoms with E-state index in [4.69, 9.17) is 4.74 Å². The van der Waals surface area contributed by atoms with E-state index in [-0.39, 0.29) is 18.4 Å². The molecular formula is C28H39N3O4. The Balaban J connectivity index is 2.36. The van der Waals surface area contributed by atoms with Crippen LogP contribution in [0, 0.1) is 6.92 Å². The summed E-state index contributed by atoms with van der Waals surface area (Å²) in [5, 5.41) is 5.53. The highest BCUT2D eigenvalue weighted by atomic mass is 16.6. The molecule has 0 spiro atoms. The zero-order valence-corrected chi connectivity index (χ0v) is 21.8. The van der Waals surface area contributed by atoms with E-state index < -0.39 is 17.7 Å². The molecule has 0 aliphatic rings. The number of aryl methyl sites for hydroxylation is 2. The Bertz CT molecular complexity index is 996. The second-order valence-corrected chi connectivity index (χ2v) is 9.60. The van der Waals surface area contributed by atoms with E-state index in [0.717, 1.165) is 36.0 Å². The molecule has 7 heteroatoms. The van der Waals surface area contributed by atoms with Crippen LogP contribution in [0.15, 0.2) is 48.5 Å². The SMILES string of the molecule is CCCCN(C(=O)CNC(=O)OC(C)(C)C)C(C(=O)Nc1ccccc1C)c1ccc(CC)cc1. The van der Waals surface area contributed by atoms with Crippen LogP contribution in [0.3, 0.4) is 0 Å². The summed E-state index contributed by atoms with van der Waals surface area (Å²) in [4.78, 5) is 40.7. The van der Waals surface area contributed by atoms with Crippen molar-refractivity contribution in [1.29, 1.82) is 0 Å². The van der Waals surface area contributed by atoms with E-state index in [1.54, 1.807) is 25.7 Å². The second-order valence-electron chi connectivity index (χ2n) is 9.60. The average molecular weight is 482 g/mol. The number of hydrogen-bond donors (Lipinski definition) is 2. The van der Waals surface area contributed by atoms with Crippen LogP contribution in [0.1, 0.15) is 70.2 Å². The van der Waals surface area contributed by atoms with Gasteiger partial charge in [0.2, 0.25) is 5.91 Å². The van der Waals surface area contributed by atoms with Gasteiger partial charge in [-0.25, -0.2) is 4.79 Å². The van der Waals surface area contributed by atoms with E-state index in [9.17, 15) is 14.4 Å². The molecule has 0 heterocycles. The summed E-state index contributed by atoms with van der Waals surface area (Å²) in [6, 6.07) is 14.4. The summed E-state index contributed by atoms with van der Waals surface area (Å²) < 4.78 is 5.26. The number of anilines is 1. The molecule has 0 bridgehead atoms. The highest BCUT2D eigenvalue weighted by Crippen LogP contribution is 2.25. The fourth-order valence-electron chi connectivity index (χ4n) is 3.61. The summed E-state index contributed by atoms with van der Waals surface area (Å²) in [5.41, 5.74) is 2.81. The lowest BCUT2D eigenvalue weighted by Gasteiger charge is -2.32. The molecule has 35 heavy (non-hydrogen) atoms. The van der Waals surface area contributed by atoms with Crippen molar-refractivity contribution in [2.24, 2.45) is 0 Å². The largest absolute Gasteiger partial charge is 0.444 e. The van der Waals surface area contributed by atoms with Gasteiger partial charge in [-0.1, -0.05) is 62.7 Å². The van der Waals surface area contributed by atoms with Crippen molar-refractivity contribution in [3.05, 3.63) is 65.2 Å². The first-order valence-electron chi connectivity index (χ1n) is 12.3. The average Bonchev–Trinajstić information content (AvgIpc) is 2.80. The lowest BCUT2D eigenvalue weighted by molar-refractivity contribution is -0.138. The van der Waals surface area contributed by atoms with Crippen molar-refractivity contribution < 1.29 is 19.1 Å². The molecular weight excluding hydrogens is 442 g/mol. The molecule has 190 valence electrons. The van der Waals surface area contributed by atoms with Crippen LogP contribution >= 0.6 is 0 Å². The number of unbranched alkanes of at least 4 members (excludes halogenated alkanes) is 1. The van der Waals surface area contributed by atoms with Crippen molar-refractivity contribution in [1.82, 2.24) is 10.2 Å². The molecule has 1 unspecified atom stereocenters. The number of hydrogen-bond acceptors (Lipinski definition) is 4. The van der Waals surface area contributed by atoms with Gasteiger partial charge in [-0.15, -0.1) is 0 Å². The zero-order chi connectivity index (χ0) is 26.0. The van der Waals surface area contributed by atoms with Gasteiger partial charge in [-0.05, 0) is 63.3 Å². The minimum Gasteiger partial charge on any atom is -0.444 e. The standard InChI is InChI=1S/C28H39N3O4/c1-7-9-18-31(24(32)19-29-27(34)35-28(4,5)6)25(22-16-14-21(8-2)15-17-22)26(33)30-23-13-11-10-12-20(23)3/h10-17,25H,7-9,18-19H2,1-6H3,(H,29,34)(H,30,33). The van der Waals surface area contributed by atoms with Crippen LogP contribution < -0.4 is 10.6 Å². The predicted octanol–water partition coefficient (Wildman–Crippen LogP) is 5.39. The summed E-state index contributed by atoms with van der Waals surface area (Å²) in [7, 11) is 0. The zero-order valence-electron chi connectivity index (χ0n) is 21.8. The number of benzene rings is 2. The number of ether oxygens (including phenoxy) is 1. The maximum Gasteiger partial charge on any atom is 0.408 e. The van der Waals surface area contributed by atoms with E-state index in [0.29, 0.717) is 12.2 Å². The molecule has 1 atom stereocenters. The summed E-state index contributed by atoms with van der Waals surface area (Å²) >= 11 is 0. The van der Waals surface area contributed by atoms with E-state index >= 15 is 0 Å². The molecule has 2 aromatic carbocycles. The predicted molar refractivity (Wildman–Crippen MR) is 139 cm³/mol. The van der Waals surface area contributed by atoms with Crippen LogP contribution in [0.5, 0.6) is 0 Å². The third-order valence-electron chi connectivity index (χ3n) is 5.52. The van der Waals surface area contributed by atoms with Gasteiger partial charge in [0, 0.05) is 12.2 Å². The highest BCUT2D eigenvalue weighted by molar-refractivity contribution is 5.98. The summed E-state index contributed by atoms with van der Waals surface area (Å²) in [6.07, 6.45) is 1.77. The Hall–Kier alpha value is -3.35. The number of rotatable bonds is 10. The Morgan fingerprint density at radius 2 is 1.66 bits per heavy atom. The molecule has 0 fully saturated rings. The maximum atomic E-state index is 13.6. The Kier molecular flexibility index (Phi) is 10.3. The Morgan fingerprint density at radius 1 is 1.00 bits per heavy atom. The van der Waals surface area contributed by atoms with Gasteiger partial charge in [0.15, 0.2) is 0 Å². The van der Waals surface area contributed by atoms with Crippen molar-refractivity contribution in [3.8, 4) is 0 Å². The number of carbonyl (C=O) groups excluding carboxylic acids is 3. The number of para-hydroxylation sites is 1. The van der Waals surface area contributed by atoms with E-state index in [2.05, 4.69) is 17.6 Å². The van der Waals surface area contributed by atoms with Crippen LogP contribution in [0.2, 0.25) is 0 Å². The summed E-state index contributed by atoms with van der Waals surface area (Å²) in [5.74, 6) is -0.654. The summed E-state index contributed by atoms with van der Waals surface area (Å²) in [6.45, 7) is 11.4. The molecule has 7 nitrogen and oxygen atoms in total. The molecule has 2 aromatic rings. The Morgan fingerprint density at radius 3 is 2.23 bits per heavy atom. The molecule has 0 aliphatic carbocycles. The van der Waals surface area contributed by atoms with Crippen LogP contribution in [0.4, 0.5) is 10.5 Å². The second kappa shape index (κ2) is 12.9. The molecule has 0 radical (unpaired) electrons. The van der Waals surface area contributed by atoms with Gasteiger partial charge in [-0.2, -0.15) is 0 Å². The number of amides is 3. The highest BCUT2D eigenvalue weighted by Gasteiger charge is 2.32. The first-order chi connectivity index (χ1) is 16.6. The first-order valence-corrected chi connectivity index (χ1v) is 12.3. The number of carbonyl (C=O) groups is 3. The molecule has 0 saturated carbocycles. The van der Waals surface area contributed by atoms with Crippen molar-refractivity contribution in [2.45, 2.75) is 72.4 Å². The van der Waals surface area contributed by atoms with E-state index in [1.165, 1.54) is 0 Å². The normalized spacial score (nSPS) is 11.9. The van der Waals surface area contributed by atoms with Crippen LogP contribution in [-0.2, 0) is 20.7 Å². The monoisotopic (exact) mass is 481 g/mol. The third-order valence-corrected chi connectivity index (χ3v) is 5.52. The molecule has 2 N–H and O–H groups in total. The van der Waals surface area contributed by atoms with Crippen LogP contribution in [0.25, 0.3) is 0 Å². The van der Waals surface area contributed by atoms with Crippen molar-refractivity contribution in [2.75, 3.05) is 18.4 Å². The molecule has 0 aromatic heterocycles. The Labute approximate surface area is 209 Å². The first kappa shape index (κ1) is 27.9. The lowest BCUT2D eigenvalue weighted by atomic mass is 10.0. The van der Waals surface area contributed by atoms with Gasteiger partial charge in [0.25, 0.3) is 5.91 Å². The minimum atomic E-state index is -0.847. The fraction of sp³-hybridized carbons (Fsp3) is 0.464. The molecule has 0 aliphatic heterocycles. The molecule has 3 amide bonds. The smallest absolute Gasteiger partial charge is 0.408 e. The maximum absolute atomic E-state index is 13.6. The lowest BCUT2D eigenvalue weighted by Crippen LogP contribution is -2.47. The number of nitrogens with one attached hydrogen (secondary N) is 2. The van der Waals surface area contributed by atoms with Gasteiger partial charge >= 0.3 is 6.09 Å². The number of nitrogens with zero attached hydrogens (tertiary/aromatic N) is 1.